The SMILES string of the molecule is CCc1nc2ccc(CNc3ccc(S(=O)(=O)Nc4nc(C)cc(C)n4)cc3)cc2c(=O)[nH]1. The van der Waals surface area contributed by atoms with Gasteiger partial charge in [0.25, 0.3) is 15.6 Å². The Morgan fingerprint density at radius 3 is 2.30 bits per heavy atom. The van der Waals surface area contributed by atoms with Crippen molar-refractivity contribution in [3.8, 4) is 0 Å². The molecule has 9 nitrogen and oxygen atoms in total. The van der Waals surface area contributed by atoms with Crippen molar-refractivity contribution in [1.29, 1.82) is 0 Å². The molecule has 4 rings (SSSR count). The summed E-state index contributed by atoms with van der Waals surface area (Å²) < 4.78 is 27.7. The highest BCUT2D eigenvalue weighted by molar-refractivity contribution is 7.92. The van der Waals surface area contributed by atoms with Gasteiger partial charge in [0.05, 0.1) is 15.8 Å². The Hall–Kier alpha value is -3.79. The minimum atomic E-state index is -3.81. The number of aryl methyl sites for hydroxylation is 3. The van der Waals surface area contributed by atoms with E-state index in [0.717, 1.165) is 11.3 Å². The Balaban J connectivity index is 1.46. The number of fused-ring (bicyclic) bond motifs is 1. The molecule has 4 aromatic rings. The highest BCUT2D eigenvalue weighted by atomic mass is 32.2. The molecule has 10 heteroatoms. The molecule has 3 N–H and O–H groups in total. The smallest absolute Gasteiger partial charge is 0.264 e. The van der Waals surface area contributed by atoms with Gasteiger partial charge < -0.3 is 10.3 Å². The van der Waals surface area contributed by atoms with Crippen LogP contribution in [0.3, 0.4) is 0 Å². The lowest BCUT2D eigenvalue weighted by Crippen LogP contribution is -2.15. The molecule has 0 aliphatic rings. The quantitative estimate of drug-likeness (QED) is 0.383. The average molecular weight is 465 g/mol. The van der Waals surface area contributed by atoms with Gasteiger partial charge in [-0.2, -0.15) is 0 Å². The zero-order chi connectivity index (χ0) is 23.6. The summed E-state index contributed by atoms with van der Waals surface area (Å²) in [5.41, 5.74) is 3.51. The van der Waals surface area contributed by atoms with E-state index in [1.165, 1.54) is 12.1 Å². The minimum absolute atomic E-state index is 0.0431. The maximum atomic E-state index is 12.7. The van der Waals surface area contributed by atoms with Crippen molar-refractivity contribution in [2.45, 2.75) is 38.6 Å². The molecule has 2 heterocycles. The van der Waals surface area contributed by atoms with Crippen LogP contribution in [0, 0.1) is 13.8 Å². The largest absolute Gasteiger partial charge is 0.381 e. The van der Waals surface area contributed by atoms with Gasteiger partial charge in [-0.25, -0.2) is 28.1 Å². The van der Waals surface area contributed by atoms with Gasteiger partial charge >= 0.3 is 0 Å². The maximum Gasteiger partial charge on any atom is 0.264 e. The lowest BCUT2D eigenvalue weighted by Gasteiger charge is -2.10. The Morgan fingerprint density at radius 2 is 1.64 bits per heavy atom. The van der Waals surface area contributed by atoms with E-state index in [4.69, 9.17) is 0 Å². The van der Waals surface area contributed by atoms with Crippen molar-refractivity contribution < 1.29 is 8.42 Å². The molecular formula is C23H24N6O3S. The average Bonchev–Trinajstić information content (AvgIpc) is 2.77. The molecule has 0 saturated heterocycles. The Bertz CT molecular complexity index is 1460. The van der Waals surface area contributed by atoms with Crippen LogP contribution in [0.1, 0.15) is 29.7 Å². The molecule has 2 aromatic heterocycles. The Labute approximate surface area is 191 Å². The molecule has 0 atom stereocenters. The lowest BCUT2D eigenvalue weighted by molar-refractivity contribution is 0.601. The fourth-order valence-corrected chi connectivity index (χ4v) is 4.36. The minimum Gasteiger partial charge on any atom is -0.381 e. The number of nitrogens with one attached hydrogen (secondary N) is 3. The van der Waals surface area contributed by atoms with Crippen LogP contribution in [-0.4, -0.2) is 28.4 Å². The van der Waals surface area contributed by atoms with E-state index in [9.17, 15) is 13.2 Å². The Morgan fingerprint density at radius 1 is 0.939 bits per heavy atom. The first-order valence-corrected chi connectivity index (χ1v) is 11.9. The second-order valence-electron chi connectivity index (χ2n) is 7.68. The van der Waals surface area contributed by atoms with Crippen molar-refractivity contribution in [2.24, 2.45) is 0 Å². The maximum absolute atomic E-state index is 12.7. The number of H-pyrrole nitrogens is 1. The van der Waals surface area contributed by atoms with Crippen LogP contribution >= 0.6 is 0 Å². The number of anilines is 2. The molecule has 33 heavy (non-hydrogen) atoms. The molecule has 0 fully saturated rings. The highest BCUT2D eigenvalue weighted by Gasteiger charge is 2.16. The molecule has 170 valence electrons. The van der Waals surface area contributed by atoms with Gasteiger partial charge in [-0.15, -0.1) is 0 Å². The van der Waals surface area contributed by atoms with Gasteiger partial charge in [0, 0.05) is 30.0 Å². The summed E-state index contributed by atoms with van der Waals surface area (Å²) in [7, 11) is -3.81. The monoisotopic (exact) mass is 464 g/mol. The second-order valence-corrected chi connectivity index (χ2v) is 9.36. The number of rotatable bonds is 7. The summed E-state index contributed by atoms with van der Waals surface area (Å²) in [5, 5.41) is 3.77. The molecule has 0 saturated carbocycles. The molecule has 0 unspecified atom stereocenters. The number of benzene rings is 2. The first-order chi connectivity index (χ1) is 15.7. The molecule has 0 bridgehead atoms. The van der Waals surface area contributed by atoms with Crippen LogP contribution < -0.4 is 15.6 Å². The highest BCUT2D eigenvalue weighted by Crippen LogP contribution is 2.18. The third-order valence-electron chi connectivity index (χ3n) is 5.02. The molecule has 2 aromatic carbocycles. The van der Waals surface area contributed by atoms with Crippen LogP contribution in [0.25, 0.3) is 10.9 Å². The van der Waals surface area contributed by atoms with Crippen molar-refractivity contribution in [3.63, 3.8) is 0 Å². The van der Waals surface area contributed by atoms with Crippen molar-refractivity contribution >= 4 is 32.6 Å². The van der Waals surface area contributed by atoms with Crippen LogP contribution in [-0.2, 0) is 23.0 Å². The third kappa shape index (κ3) is 5.17. The fraction of sp³-hybridized carbons (Fsp3) is 0.217. The molecule has 0 aliphatic carbocycles. The number of hydrogen-bond acceptors (Lipinski definition) is 7. The molecule has 0 spiro atoms. The lowest BCUT2D eigenvalue weighted by atomic mass is 10.1. The van der Waals surface area contributed by atoms with E-state index in [-0.39, 0.29) is 16.4 Å². The standard InChI is InChI=1S/C23H24N6O3S/c1-4-21-27-20-10-5-16(12-19(20)22(30)28-21)13-24-17-6-8-18(9-7-17)33(31,32)29-23-25-14(2)11-15(3)26-23/h5-12,24H,4,13H2,1-3H3,(H,25,26,29)(H,27,28,30). The van der Waals surface area contributed by atoms with Gasteiger partial charge in [0.15, 0.2) is 0 Å². The molecular weight excluding hydrogens is 440 g/mol. The normalized spacial score (nSPS) is 11.5. The predicted molar refractivity (Wildman–Crippen MR) is 128 cm³/mol. The van der Waals surface area contributed by atoms with Crippen molar-refractivity contribution in [1.82, 2.24) is 19.9 Å². The summed E-state index contributed by atoms with van der Waals surface area (Å²) in [6, 6.07) is 13.7. The van der Waals surface area contributed by atoms with Gasteiger partial charge in [-0.3, -0.25) is 4.79 Å². The van der Waals surface area contributed by atoms with E-state index in [0.29, 0.717) is 41.1 Å². The second kappa shape index (κ2) is 8.99. The zero-order valence-electron chi connectivity index (χ0n) is 18.5. The number of hydrogen-bond donors (Lipinski definition) is 3. The van der Waals surface area contributed by atoms with Gasteiger partial charge in [-0.1, -0.05) is 13.0 Å². The van der Waals surface area contributed by atoms with E-state index in [1.807, 2.05) is 19.1 Å². The van der Waals surface area contributed by atoms with Crippen LogP contribution in [0.15, 0.2) is 58.2 Å². The topological polar surface area (TPSA) is 130 Å². The van der Waals surface area contributed by atoms with E-state index < -0.39 is 10.0 Å². The number of nitrogens with zero attached hydrogens (tertiary/aromatic N) is 3. The Kier molecular flexibility index (Phi) is 6.10. The van der Waals surface area contributed by atoms with Gasteiger partial charge in [-0.05, 0) is 61.9 Å². The number of sulfonamides is 1. The van der Waals surface area contributed by atoms with Crippen molar-refractivity contribution in [3.05, 3.63) is 81.7 Å². The number of aromatic amines is 1. The third-order valence-corrected chi connectivity index (χ3v) is 6.37. The summed E-state index contributed by atoms with van der Waals surface area (Å²) in [6.07, 6.45) is 0.660. The van der Waals surface area contributed by atoms with Crippen LogP contribution in [0.2, 0.25) is 0 Å². The first-order valence-electron chi connectivity index (χ1n) is 10.4. The van der Waals surface area contributed by atoms with E-state index >= 15 is 0 Å². The van der Waals surface area contributed by atoms with Gasteiger partial charge in [0.2, 0.25) is 5.95 Å². The van der Waals surface area contributed by atoms with Crippen LogP contribution in [0.5, 0.6) is 0 Å². The summed E-state index contributed by atoms with van der Waals surface area (Å²) in [4.78, 5) is 27.9. The van der Waals surface area contributed by atoms with E-state index in [1.54, 1.807) is 38.1 Å². The zero-order valence-corrected chi connectivity index (χ0v) is 19.3. The molecule has 0 aliphatic heterocycles. The summed E-state index contributed by atoms with van der Waals surface area (Å²) >= 11 is 0. The summed E-state index contributed by atoms with van der Waals surface area (Å²) in [6.45, 7) is 5.95. The van der Waals surface area contributed by atoms with Crippen molar-refractivity contribution in [2.75, 3.05) is 10.0 Å². The fourth-order valence-electron chi connectivity index (χ4n) is 3.42. The predicted octanol–water partition coefficient (Wildman–Crippen LogP) is 3.31. The van der Waals surface area contributed by atoms with E-state index in [2.05, 4.69) is 30.0 Å². The molecule has 0 radical (unpaired) electrons. The van der Waals surface area contributed by atoms with Gasteiger partial charge in [0.1, 0.15) is 5.82 Å². The van der Waals surface area contributed by atoms with Crippen LogP contribution in [0.4, 0.5) is 11.6 Å². The summed E-state index contributed by atoms with van der Waals surface area (Å²) in [5.74, 6) is 0.702. The first kappa shape index (κ1) is 22.4. The number of aromatic nitrogens is 4. The molecule has 0 amide bonds.